The summed E-state index contributed by atoms with van der Waals surface area (Å²) >= 11 is 0. The Morgan fingerprint density at radius 2 is 1.86 bits per heavy atom. The van der Waals surface area contributed by atoms with E-state index in [2.05, 4.69) is 33.9 Å². The number of hydrogen-bond acceptors (Lipinski definition) is 4. The number of aromatic nitrogens is 1. The first-order chi connectivity index (χ1) is 13.5. The summed E-state index contributed by atoms with van der Waals surface area (Å²) in [6.45, 7) is 12.0. The Balaban J connectivity index is 1.55. The van der Waals surface area contributed by atoms with E-state index in [1.54, 1.807) is 6.20 Å². The van der Waals surface area contributed by atoms with Gasteiger partial charge in [0.15, 0.2) is 0 Å². The van der Waals surface area contributed by atoms with Gasteiger partial charge >= 0.3 is 0 Å². The molecule has 0 radical (unpaired) electrons. The van der Waals surface area contributed by atoms with Crippen molar-refractivity contribution in [1.29, 1.82) is 0 Å². The van der Waals surface area contributed by atoms with Gasteiger partial charge in [-0.3, -0.25) is 4.79 Å². The highest BCUT2D eigenvalue weighted by molar-refractivity contribution is 6.04. The number of anilines is 2. The van der Waals surface area contributed by atoms with Gasteiger partial charge < -0.3 is 15.1 Å². The van der Waals surface area contributed by atoms with Crippen LogP contribution in [0.2, 0.25) is 0 Å². The van der Waals surface area contributed by atoms with Gasteiger partial charge in [-0.25, -0.2) is 4.98 Å². The minimum Gasteiger partial charge on any atom is -0.355 e. The van der Waals surface area contributed by atoms with Crippen LogP contribution >= 0.6 is 0 Å². The van der Waals surface area contributed by atoms with E-state index in [4.69, 9.17) is 0 Å². The van der Waals surface area contributed by atoms with Gasteiger partial charge in [-0.05, 0) is 63.0 Å². The van der Waals surface area contributed by atoms with Gasteiger partial charge in [-0.1, -0.05) is 31.5 Å². The second kappa shape index (κ2) is 9.69. The fourth-order valence-corrected chi connectivity index (χ4v) is 3.42. The van der Waals surface area contributed by atoms with Gasteiger partial charge in [0.25, 0.3) is 5.91 Å². The molecule has 2 aromatic rings. The van der Waals surface area contributed by atoms with Crippen molar-refractivity contribution < 1.29 is 4.79 Å². The van der Waals surface area contributed by atoms with E-state index >= 15 is 0 Å². The molecule has 1 aliphatic heterocycles. The zero-order valence-electron chi connectivity index (χ0n) is 17.3. The number of carbonyl (C=O) groups is 1. The molecular formula is C23H32N4O. The summed E-state index contributed by atoms with van der Waals surface area (Å²) in [5.41, 5.74) is 2.52. The topological polar surface area (TPSA) is 48.5 Å². The number of hydrogen-bond donors (Lipinski definition) is 1. The molecule has 150 valence electrons. The van der Waals surface area contributed by atoms with Gasteiger partial charge in [0.1, 0.15) is 5.82 Å². The zero-order valence-corrected chi connectivity index (χ0v) is 17.3. The highest BCUT2D eigenvalue weighted by Gasteiger charge is 2.16. The van der Waals surface area contributed by atoms with E-state index < -0.39 is 0 Å². The Labute approximate surface area is 168 Å². The fourth-order valence-electron chi connectivity index (χ4n) is 3.42. The van der Waals surface area contributed by atoms with Crippen LogP contribution in [0.15, 0.2) is 42.6 Å². The molecule has 0 unspecified atom stereocenters. The van der Waals surface area contributed by atoms with Gasteiger partial charge in [-0.2, -0.15) is 0 Å². The summed E-state index contributed by atoms with van der Waals surface area (Å²) in [5.74, 6) is 1.63. The molecule has 5 nitrogen and oxygen atoms in total. The highest BCUT2D eigenvalue weighted by atomic mass is 16.1. The number of benzene rings is 1. The molecule has 1 aromatic heterocycles. The first-order valence-corrected chi connectivity index (χ1v) is 10.3. The normalized spacial score (nSPS) is 15.5. The molecule has 28 heavy (non-hydrogen) atoms. The number of carbonyl (C=O) groups excluding carboxylic acids is 1. The van der Waals surface area contributed by atoms with Crippen LogP contribution in [0.5, 0.6) is 0 Å². The molecule has 2 heterocycles. The van der Waals surface area contributed by atoms with Gasteiger partial charge in [0.05, 0.1) is 11.9 Å². The van der Waals surface area contributed by atoms with Crippen molar-refractivity contribution in [1.82, 2.24) is 9.88 Å². The lowest BCUT2D eigenvalue weighted by atomic mass is 10.1. The summed E-state index contributed by atoms with van der Waals surface area (Å²) in [6, 6.07) is 11.5. The van der Waals surface area contributed by atoms with Crippen LogP contribution in [0.1, 0.15) is 42.6 Å². The first-order valence-electron chi connectivity index (χ1n) is 10.3. The maximum Gasteiger partial charge on any atom is 0.255 e. The molecule has 0 bridgehead atoms. The van der Waals surface area contributed by atoms with E-state index in [1.165, 1.54) is 13.0 Å². The SMILES string of the molecule is Cc1ccc(C(=O)Nc2ccc(N3CCCN(CCC(C)C)CC3)nc2)cc1. The van der Waals surface area contributed by atoms with Crippen LogP contribution < -0.4 is 10.2 Å². The standard InChI is InChI=1S/C23H32N4O/c1-18(2)11-14-26-12-4-13-27(16-15-26)22-10-9-21(17-24-22)25-23(28)20-7-5-19(3)6-8-20/h5-10,17-18H,4,11-16H2,1-3H3,(H,25,28). The van der Waals surface area contributed by atoms with Crippen LogP contribution in [-0.4, -0.2) is 48.5 Å². The van der Waals surface area contributed by atoms with Crippen LogP contribution in [0.25, 0.3) is 0 Å². The van der Waals surface area contributed by atoms with Crippen molar-refractivity contribution in [2.75, 3.05) is 42.9 Å². The van der Waals surface area contributed by atoms with Crippen LogP contribution in [0.3, 0.4) is 0 Å². The quantitative estimate of drug-likeness (QED) is 0.816. The minimum atomic E-state index is -0.106. The molecule has 0 aliphatic carbocycles. The fraction of sp³-hybridized carbons (Fsp3) is 0.478. The van der Waals surface area contributed by atoms with E-state index in [0.717, 1.165) is 55.6 Å². The Hall–Kier alpha value is -2.40. The molecule has 0 saturated carbocycles. The van der Waals surface area contributed by atoms with Crippen LogP contribution in [0.4, 0.5) is 11.5 Å². The Morgan fingerprint density at radius 3 is 2.54 bits per heavy atom. The Bertz CT molecular complexity index is 755. The second-order valence-corrected chi connectivity index (χ2v) is 8.09. The number of rotatable bonds is 6. The van der Waals surface area contributed by atoms with E-state index in [0.29, 0.717) is 5.56 Å². The van der Waals surface area contributed by atoms with Crippen molar-refractivity contribution in [3.63, 3.8) is 0 Å². The summed E-state index contributed by atoms with van der Waals surface area (Å²) < 4.78 is 0. The molecule has 0 spiro atoms. The van der Waals surface area contributed by atoms with Gasteiger partial charge in [-0.15, -0.1) is 0 Å². The number of aryl methyl sites for hydroxylation is 1. The molecule has 1 N–H and O–H groups in total. The molecule has 3 rings (SSSR count). The molecule has 1 aromatic carbocycles. The summed E-state index contributed by atoms with van der Waals surface area (Å²) in [7, 11) is 0. The van der Waals surface area contributed by atoms with E-state index in [9.17, 15) is 4.79 Å². The minimum absolute atomic E-state index is 0.106. The lowest BCUT2D eigenvalue weighted by Crippen LogP contribution is -2.32. The monoisotopic (exact) mass is 380 g/mol. The second-order valence-electron chi connectivity index (χ2n) is 8.09. The van der Waals surface area contributed by atoms with Crippen molar-refractivity contribution >= 4 is 17.4 Å². The predicted octanol–water partition coefficient (Wildman–Crippen LogP) is 4.20. The number of nitrogens with zero attached hydrogens (tertiary/aromatic N) is 3. The van der Waals surface area contributed by atoms with Gasteiger partial charge in [0.2, 0.25) is 0 Å². The van der Waals surface area contributed by atoms with Gasteiger partial charge in [0, 0.05) is 25.2 Å². The average molecular weight is 381 g/mol. The lowest BCUT2D eigenvalue weighted by Gasteiger charge is -2.23. The zero-order chi connectivity index (χ0) is 19.9. The Morgan fingerprint density at radius 1 is 1.07 bits per heavy atom. The predicted molar refractivity (Wildman–Crippen MR) is 116 cm³/mol. The van der Waals surface area contributed by atoms with E-state index in [-0.39, 0.29) is 5.91 Å². The maximum absolute atomic E-state index is 12.3. The summed E-state index contributed by atoms with van der Waals surface area (Å²) in [6.07, 6.45) is 4.17. The Kier molecular flexibility index (Phi) is 7.04. The summed E-state index contributed by atoms with van der Waals surface area (Å²) in [4.78, 5) is 21.9. The molecular weight excluding hydrogens is 348 g/mol. The average Bonchev–Trinajstić information content (AvgIpc) is 2.93. The smallest absolute Gasteiger partial charge is 0.255 e. The molecule has 1 aliphatic rings. The largest absolute Gasteiger partial charge is 0.355 e. The number of amides is 1. The van der Waals surface area contributed by atoms with Crippen molar-refractivity contribution in [3.8, 4) is 0 Å². The molecule has 1 fully saturated rings. The van der Waals surface area contributed by atoms with Crippen LogP contribution in [0, 0.1) is 12.8 Å². The summed E-state index contributed by atoms with van der Waals surface area (Å²) in [5, 5.41) is 2.93. The molecule has 0 atom stereocenters. The molecule has 1 saturated heterocycles. The lowest BCUT2D eigenvalue weighted by molar-refractivity contribution is 0.102. The number of pyridine rings is 1. The molecule has 1 amide bonds. The third-order valence-electron chi connectivity index (χ3n) is 5.25. The van der Waals surface area contributed by atoms with Crippen molar-refractivity contribution in [2.45, 2.75) is 33.6 Å². The van der Waals surface area contributed by atoms with Crippen molar-refractivity contribution in [2.24, 2.45) is 5.92 Å². The number of nitrogens with one attached hydrogen (secondary N) is 1. The third kappa shape index (κ3) is 5.80. The first kappa shape index (κ1) is 20.3. The molecule has 5 heteroatoms. The third-order valence-corrected chi connectivity index (χ3v) is 5.25. The van der Waals surface area contributed by atoms with Crippen LogP contribution in [-0.2, 0) is 0 Å². The maximum atomic E-state index is 12.3. The van der Waals surface area contributed by atoms with E-state index in [1.807, 2.05) is 43.3 Å². The highest BCUT2D eigenvalue weighted by Crippen LogP contribution is 2.17. The van der Waals surface area contributed by atoms with Crippen molar-refractivity contribution in [3.05, 3.63) is 53.7 Å².